The molecule has 174 valence electrons. The molecule has 0 aromatic heterocycles. The van der Waals surface area contributed by atoms with Crippen LogP contribution < -0.4 is 4.90 Å². The highest BCUT2D eigenvalue weighted by Gasteiger charge is 2.71. The predicted octanol–water partition coefficient (Wildman–Crippen LogP) is 1.63. The third-order valence-corrected chi connectivity index (χ3v) is 7.22. The Kier molecular flexibility index (Phi) is 5.55. The number of anilines is 1. The number of benzene rings is 1. The molecule has 4 heterocycles. The lowest BCUT2D eigenvalue weighted by Gasteiger charge is -2.35. The van der Waals surface area contributed by atoms with Crippen LogP contribution in [0.4, 0.5) is 5.69 Å². The van der Waals surface area contributed by atoms with Crippen molar-refractivity contribution in [2.75, 3.05) is 31.2 Å². The molecule has 1 aromatic carbocycles. The van der Waals surface area contributed by atoms with Gasteiger partial charge in [0.2, 0.25) is 5.91 Å². The second-order valence-corrected chi connectivity index (χ2v) is 9.15. The average molecular weight is 473 g/mol. The summed E-state index contributed by atoms with van der Waals surface area (Å²) < 4.78 is 11.8. The first kappa shape index (κ1) is 22.1. The van der Waals surface area contributed by atoms with Gasteiger partial charge in [0.25, 0.3) is 5.91 Å². The largest absolute Gasteiger partial charge is 0.465 e. The number of hydrogen-bond donors (Lipinski definition) is 1. The highest BCUT2D eigenvalue weighted by Crippen LogP contribution is 2.53. The number of para-hydroxylation sites is 1. The van der Waals surface area contributed by atoms with Crippen molar-refractivity contribution in [1.82, 2.24) is 4.90 Å². The molecule has 1 unspecified atom stereocenters. The number of halogens is 1. The van der Waals surface area contributed by atoms with Crippen LogP contribution in [0.3, 0.4) is 0 Å². The molecule has 1 aromatic rings. The third kappa shape index (κ3) is 3.23. The normalized spacial score (nSPS) is 33.2. The smallest absolute Gasteiger partial charge is 0.312 e. The number of aliphatic hydroxyl groups excluding tert-OH is 1. The number of esters is 1. The van der Waals surface area contributed by atoms with E-state index >= 15 is 0 Å². The average Bonchev–Trinajstić information content (AvgIpc) is 3.14. The molecule has 33 heavy (non-hydrogen) atoms. The van der Waals surface area contributed by atoms with Gasteiger partial charge in [-0.2, -0.15) is 0 Å². The number of rotatable bonds is 3. The molecule has 0 bridgehead atoms. The van der Waals surface area contributed by atoms with E-state index in [1.54, 1.807) is 29.2 Å². The minimum absolute atomic E-state index is 0.0533. The number of aliphatic hydroxyl groups is 1. The number of carbonyl (C=O) groups excluding carboxylic acids is 3. The lowest BCUT2D eigenvalue weighted by Crippen LogP contribution is -2.56. The van der Waals surface area contributed by atoms with E-state index in [1.165, 1.54) is 4.90 Å². The first-order valence-corrected chi connectivity index (χ1v) is 11.4. The standard InChI is InChI=1S/C24H25ClN2O6/c1-14-6-4-7-15(25)19(14)26-10-5-9-24-18(21(29)27(11-12-28)20(24)22(26)30)17-16(33-24)8-2-3-13-32-23(17)31/h2,4-9,16-18,20,28H,3,10-13H2,1H3/t16-,17+,18+,20?,24+/m1/s1. The fourth-order valence-corrected chi connectivity index (χ4v) is 5.94. The monoisotopic (exact) mass is 472 g/mol. The van der Waals surface area contributed by atoms with Crippen molar-refractivity contribution >= 4 is 35.1 Å². The van der Waals surface area contributed by atoms with Crippen molar-refractivity contribution in [1.29, 1.82) is 0 Å². The van der Waals surface area contributed by atoms with Crippen molar-refractivity contribution in [2.24, 2.45) is 11.8 Å². The minimum Gasteiger partial charge on any atom is -0.465 e. The Labute approximate surface area is 196 Å². The van der Waals surface area contributed by atoms with Crippen LogP contribution in [0.1, 0.15) is 12.0 Å². The summed E-state index contributed by atoms with van der Waals surface area (Å²) in [6, 6.07) is 4.33. The summed E-state index contributed by atoms with van der Waals surface area (Å²) in [5.74, 6) is -3.07. The molecular weight excluding hydrogens is 448 g/mol. The summed E-state index contributed by atoms with van der Waals surface area (Å²) in [7, 11) is 0. The third-order valence-electron chi connectivity index (χ3n) is 6.92. The number of cyclic esters (lactones) is 1. The van der Waals surface area contributed by atoms with E-state index in [0.717, 1.165) is 5.56 Å². The molecule has 5 atom stereocenters. The molecule has 0 radical (unpaired) electrons. The second-order valence-electron chi connectivity index (χ2n) is 8.74. The summed E-state index contributed by atoms with van der Waals surface area (Å²) in [4.78, 5) is 43.5. The molecule has 2 amide bonds. The Hall–Kier alpha value is -2.68. The van der Waals surface area contributed by atoms with E-state index in [9.17, 15) is 19.5 Å². The van der Waals surface area contributed by atoms with Gasteiger partial charge in [-0.25, -0.2) is 0 Å². The summed E-state index contributed by atoms with van der Waals surface area (Å²) in [5.41, 5.74) is 0.0281. The number of carbonyl (C=O) groups is 3. The molecule has 4 aliphatic heterocycles. The van der Waals surface area contributed by atoms with E-state index in [0.29, 0.717) is 17.1 Å². The zero-order valence-corrected chi connectivity index (χ0v) is 18.9. The van der Waals surface area contributed by atoms with Crippen LogP contribution in [0.25, 0.3) is 0 Å². The highest BCUT2D eigenvalue weighted by molar-refractivity contribution is 6.34. The lowest BCUT2D eigenvalue weighted by molar-refractivity contribution is -0.154. The van der Waals surface area contributed by atoms with E-state index < -0.39 is 41.5 Å². The Balaban J connectivity index is 1.64. The van der Waals surface area contributed by atoms with Gasteiger partial charge in [-0.15, -0.1) is 0 Å². The molecule has 9 heteroatoms. The lowest BCUT2D eigenvalue weighted by atomic mass is 9.77. The van der Waals surface area contributed by atoms with Crippen LogP contribution >= 0.6 is 11.6 Å². The maximum Gasteiger partial charge on any atom is 0.312 e. The van der Waals surface area contributed by atoms with Crippen LogP contribution in [0.2, 0.25) is 5.02 Å². The van der Waals surface area contributed by atoms with Gasteiger partial charge in [-0.05, 0) is 25.0 Å². The fourth-order valence-electron chi connectivity index (χ4n) is 5.62. The molecule has 5 rings (SSSR count). The highest BCUT2D eigenvalue weighted by atomic mass is 35.5. The van der Waals surface area contributed by atoms with Crippen LogP contribution in [0, 0.1) is 18.8 Å². The molecule has 2 saturated heterocycles. The summed E-state index contributed by atoms with van der Waals surface area (Å²) >= 11 is 6.47. The number of hydrogen-bond acceptors (Lipinski definition) is 6. The number of amides is 2. The minimum atomic E-state index is -1.35. The van der Waals surface area contributed by atoms with Crippen LogP contribution in [0.15, 0.2) is 42.5 Å². The van der Waals surface area contributed by atoms with Gasteiger partial charge < -0.3 is 24.4 Å². The molecule has 8 nitrogen and oxygen atoms in total. The number of likely N-dealkylation sites (tertiary alicyclic amines) is 1. The number of β-amino-alcohol motifs (C(OH)–C–C–N with tert-alkyl or cyclic N) is 1. The number of fused-ring (bicyclic) bond motifs is 2. The second kappa shape index (κ2) is 8.27. The van der Waals surface area contributed by atoms with Gasteiger partial charge in [0.15, 0.2) is 0 Å². The van der Waals surface area contributed by atoms with E-state index in [1.807, 2.05) is 25.1 Å². The maximum atomic E-state index is 14.1. The quantitative estimate of drug-likeness (QED) is 0.530. The van der Waals surface area contributed by atoms with E-state index in [2.05, 4.69) is 0 Å². The molecule has 1 N–H and O–H groups in total. The zero-order chi connectivity index (χ0) is 23.3. The fraction of sp³-hybridized carbons (Fsp3) is 0.458. The number of aryl methyl sites for hydroxylation is 1. The Morgan fingerprint density at radius 2 is 2.03 bits per heavy atom. The van der Waals surface area contributed by atoms with Gasteiger partial charge in [0.1, 0.15) is 17.6 Å². The van der Waals surface area contributed by atoms with Gasteiger partial charge in [0.05, 0.1) is 35.9 Å². The van der Waals surface area contributed by atoms with Crippen molar-refractivity contribution < 1.29 is 29.0 Å². The Morgan fingerprint density at radius 1 is 1.21 bits per heavy atom. The number of nitrogens with zero attached hydrogens (tertiary/aromatic N) is 2. The van der Waals surface area contributed by atoms with E-state index in [-0.39, 0.29) is 32.2 Å². The van der Waals surface area contributed by atoms with Crippen LogP contribution in [0.5, 0.6) is 0 Å². The molecule has 1 spiro atoms. The Bertz CT molecular complexity index is 1050. The SMILES string of the molecule is Cc1cccc(Cl)c1N1CC=C[C@]23O[C@@H]4C=CCCOC(=O)[C@@H]4[C@H]2C(=O)N(CCO)C3C1=O. The van der Waals surface area contributed by atoms with Gasteiger partial charge in [-0.1, -0.05) is 48.0 Å². The van der Waals surface area contributed by atoms with Gasteiger partial charge in [-0.3, -0.25) is 14.4 Å². The molecule has 2 fully saturated rings. The summed E-state index contributed by atoms with van der Waals surface area (Å²) in [5, 5.41) is 10.1. The van der Waals surface area contributed by atoms with E-state index in [4.69, 9.17) is 21.1 Å². The molecule has 0 saturated carbocycles. The first-order chi connectivity index (χ1) is 15.9. The topological polar surface area (TPSA) is 96.4 Å². The molecular formula is C24H25ClN2O6. The maximum absolute atomic E-state index is 14.1. The predicted molar refractivity (Wildman–Crippen MR) is 120 cm³/mol. The van der Waals surface area contributed by atoms with Crippen molar-refractivity contribution in [3.8, 4) is 0 Å². The summed E-state index contributed by atoms with van der Waals surface area (Å²) in [6.45, 7) is 1.94. The van der Waals surface area contributed by atoms with Crippen molar-refractivity contribution in [2.45, 2.75) is 31.1 Å². The van der Waals surface area contributed by atoms with Gasteiger partial charge in [0, 0.05) is 13.1 Å². The van der Waals surface area contributed by atoms with Crippen LogP contribution in [-0.4, -0.2) is 71.8 Å². The number of ether oxygens (including phenoxy) is 2. The first-order valence-electron chi connectivity index (χ1n) is 11.1. The molecule has 0 aliphatic carbocycles. The van der Waals surface area contributed by atoms with Crippen molar-refractivity contribution in [3.63, 3.8) is 0 Å². The Morgan fingerprint density at radius 3 is 2.79 bits per heavy atom. The summed E-state index contributed by atoms with van der Waals surface area (Å²) in [6.07, 6.45) is 7.06. The molecule has 4 aliphatic rings. The van der Waals surface area contributed by atoms with Crippen molar-refractivity contribution in [3.05, 3.63) is 53.1 Å². The van der Waals surface area contributed by atoms with Crippen LogP contribution in [-0.2, 0) is 23.9 Å². The zero-order valence-electron chi connectivity index (χ0n) is 18.1. The van der Waals surface area contributed by atoms with Gasteiger partial charge >= 0.3 is 5.97 Å².